The average molecular weight is 779 g/mol. The van der Waals surface area contributed by atoms with Crippen LogP contribution < -0.4 is 18.1 Å². The fraction of sp³-hybridized carbons (Fsp3) is 0.130. The van der Waals surface area contributed by atoms with E-state index in [4.69, 9.17) is 36.6 Å². The Bertz CT molecular complexity index is 2310. The smallest absolute Gasteiger partial charge is 0.418 e. The van der Waals surface area contributed by atoms with Gasteiger partial charge in [0, 0.05) is 0 Å². The monoisotopic (exact) mass is 778 g/mol. The second kappa shape index (κ2) is 15.7. The van der Waals surface area contributed by atoms with E-state index in [2.05, 4.69) is 48.5 Å². The van der Waals surface area contributed by atoms with Crippen LogP contribution >= 0.6 is 17.2 Å². The summed E-state index contributed by atoms with van der Waals surface area (Å²) in [5.74, 6) is 2.56. The van der Waals surface area contributed by atoms with Gasteiger partial charge in [0.25, 0.3) is 0 Å². The molecule has 0 bridgehead atoms. The lowest BCUT2D eigenvalue weighted by molar-refractivity contribution is 0.0135. The van der Waals surface area contributed by atoms with Crippen molar-refractivity contribution in [3.05, 3.63) is 170 Å². The van der Waals surface area contributed by atoms with Gasteiger partial charge in [-0.15, -0.1) is 0 Å². The van der Waals surface area contributed by atoms with Crippen LogP contribution in [0, 0.1) is 0 Å². The molecule has 0 radical (unpaired) electrons. The van der Waals surface area contributed by atoms with Gasteiger partial charge in [-0.05, 0) is 91.6 Å². The maximum Gasteiger partial charge on any atom is 0.463 e. The van der Waals surface area contributed by atoms with Gasteiger partial charge in [-0.1, -0.05) is 121 Å². The van der Waals surface area contributed by atoms with Crippen LogP contribution in [0.1, 0.15) is 0 Å². The Kier molecular flexibility index (Phi) is 9.84. The molecule has 278 valence electrons. The van der Waals surface area contributed by atoms with Gasteiger partial charge < -0.3 is 27.6 Å². The first-order valence-corrected chi connectivity index (χ1v) is 20.7. The third kappa shape index (κ3) is 7.61. The van der Waals surface area contributed by atoms with Crippen molar-refractivity contribution in [2.24, 2.45) is 0 Å². The number of rotatable bonds is 12. The topological polar surface area (TPSA) is 73.8 Å². The zero-order valence-corrected chi connectivity index (χ0v) is 31.8. The van der Waals surface area contributed by atoms with E-state index >= 15 is 0 Å². The van der Waals surface area contributed by atoms with Crippen LogP contribution in [0.4, 0.5) is 0 Å². The fourth-order valence-corrected chi connectivity index (χ4v) is 9.39. The lowest BCUT2D eigenvalue weighted by Crippen LogP contribution is -2.33. The number of benzene rings is 8. The zero-order valence-electron chi connectivity index (χ0n) is 30.0. The van der Waals surface area contributed by atoms with Crippen molar-refractivity contribution in [1.29, 1.82) is 0 Å². The molecule has 0 spiro atoms. The predicted octanol–water partition coefficient (Wildman–Crippen LogP) is 11.9. The molecule has 2 saturated heterocycles. The summed E-state index contributed by atoms with van der Waals surface area (Å²) in [5.41, 5.74) is 0. The van der Waals surface area contributed by atoms with E-state index in [-0.39, 0.29) is 13.2 Å². The quantitative estimate of drug-likeness (QED) is 0.114. The Labute approximate surface area is 326 Å². The predicted molar refractivity (Wildman–Crippen MR) is 221 cm³/mol. The summed E-state index contributed by atoms with van der Waals surface area (Å²) >= 11 is 0. The summed E-state index contributed by atoms with van der Waals surface area (Å²) in [4.78, 5) is 0. The van der Waals surface area contributed by atoms with Crippen LogP contribution in [0.15, 0.2) is 170 Å². The molecular formula is C46H36O8P2. The Hall–Kier alpha value is -5.30. The van der Waals surface area contributed by atoms with Gasteiger partial charge in [0.15, 0.2) is 0 Å². The molecule has 0 aliphatic carbocycles. The summed E-state index contributed by atoms with van der Waals surface area (Å²) < 4.78 is 51.9. The van der Waals surface area contributed by atoms with Gasteiger partial charge >= 0.3 is 17.2 Å². The van der Waals surface area contributed by atoms with Gasteiger partial charge in [0.05, 0.1) is 13.2 Å². The highest BCUT2D eigenvalue weighted by Crippen LogP contribution is 2.49. The Balaban J connectivity index is 0.881. The molecule has 2 aliphatic heterocycles. The van der Waals surface area contributed by atoms with Crippen LogP contribution in [0.3, 0.4) is 0 Å². The van der Waals surface area contributed by atoms with Crippen molar-refractivity contribution < 1.29 is 36.6 Å². The summed E-state index contributed by atoms with van der Waals surface area (Å²) in [6.45, 7) is 0.538. The second-order valence-corrected chi connectivity index (χ2v) is 15.8. The Morgan fingerprint density at radius 1 is 0.339 bits per heavy atom. The molecule has 2 fully saturated rings. The highest BCUT2D eigenvalue weighted by molar-refractivity contribution is 7.43. The maximum atomic E-state index is 6.64. The molecule has 0 N–H and O–H groups in total. The van der Waals surface area contributed by atoms with Crippen LogP contribution in [0.2, 0.25) is 0 Å². The molecule has 8 aromatic rings. The molecule has 10 heteroatoms. The van der Waals surface area contributed by atoms with Crippen LogP contribution in [0.5, 0.6) is 23.0 Å². The Morgan fingerprint density at radius 3 is 0.893 bits per heavy atom. The second-order valence-electron chi connectivity index (χ2n) is 13.7. The largest absolute Gasteiger partial charge is 0.463 e. The molecule has 2 aliphatic rings. The SMILES string of the molecule is c1ccc2cc(OP(Oc3ccc4ccccc4c3)O[C@@H]3COC4C3OC[C@H]4OP(Oc3ccc4ccccc4c3)Oc3ccc4ccccc4c3)ccc2c1. The molecule has 2 unspecified atom stereocenters. The number of fused-ring (bicyclic) bond motifs is 5. The average Bonchev–Trinajstić information content (AvgIpc) is 3.83. The summed E-state index contributed by atoms with van der Waals surface area (Å²) in [6.07, 6.45) is -1.81. The first-order valence-electron chi connectivity index (χ1n) is 18.5. The van der Waals surface area contributed by atoms with Crippen LogP contribution in [-0.2, 0) is 18.5 Å². The third-order valence-electron chi connectivity index (χ3n) is 10.0. The molecular weight excluding hydrogens is 742 g/mol. The highest BCUT2D eigenvalue weighted by Gasteiger charge is 2.52. The van der Waals surface area contributed by atoms with Gasteiger partial charge in [-0.25, -0.2) is 0 Å². The highest BCUT2D eigenvalue weighted by atomic mass is 31.2. The van der Waals surface area contributed by atoms with Gasteiger partial charge in [0.2, 0.25) is 0 Å². The number of ether oxygens (including phenoxy) is 2. The maximum absolute atomic E-state index is 6.64. The first kappa shape index (κ1) is 35.1. The van der Waals surface area contributed by atoms with E-state index in [9.17, 15) is 0 Å². The van der Waals surface area contributed by atoms with E-state index in [1.54, 1.807) is 0 Å². The molecule has 8 nitrogen and oxygen atoms in total. The van der Waals surface area contributed by atoms with Crippen molar-refractivity contribution >= 4 is 60.3 Å². The van der Waals surface area contributed by atoms with Crippen LogP contribution in [0.25, 0.3) is 43.1 Å². The molecule has 0 saturated carbocycles. The van der Waals surface area contributed by atoms with Gasteiger partial charge in [-0.2, -0.15) is 0 Å². The fourth-order valence-electron chi connectivity index (χ4n) is 7.20. The van der Waals surface area contributed by atoms with Gasteiger partial charge in [0.1, 0.15) is 47.4 Å². The molecule has 8 aromatic carbocycles. The lowest BCUT2D eigenvalue weighted by Gasteiger charge is -2.23. The number of hydrogen-bond acceptors (Lipinski definition) is 8. The minimum absolute atomic E-state index is 0.269. The lowest BCUT2D eigenvalue weighted by atomic mass is 10.1. The van der Waals surface area contributed by atoms with Gasteiger partial charge in [-0.3, -0.25) is 9.05 Å². The van der Waals surface area contributed by atoms with E-state index < -0.39 is 41.6 Å². The standard InChI is InChI=1S/C46H36O8P2/c1-5-13-35-25-39(21-17-31(35)9-1)49-55(50-40-22-18-32-10-2-6-14-36(32)26-40)53-43-29-47-46-44(30-48-45(43)46)54-56(51-41-23-19-33-11-3-7-15-37(33)27-41)52-42-24-20-34-12-4-8-16-38(34)28-42/h1-28,43-46H,29-30H2/t43-,44-,45?,46?/m1/s1. The van der Waals surface area contributed by atoms with Crippen molar-refractivity contribution in [2.45, 2.75) is 24.4 Å². The van der Waals surface area contributed by atoms with E-state index in [1.807, 2.05) is 121 Å². The summed E-state index contributed by atoms with van der Waals surface area (Å²) in [5, 5.41) is 8.70. The minimum Gasteiger partial charge on any atom is -0.418 e. The van der Waals surface area contributed by atoms with Crippen molar-refractivity contribution in [3.8, 4) is 23.0 Å². The molecule has 10 rings (SSSR count). The zero-order chi connectivity index (χ0) is 37.3. The Morgan fingerprint density at radius 2 is 0.607 bits per heavy atom. The van der Waals surface area contributed by atoms with Crippen LogP contribution in [-0.4, -0.2) is 37.6 Å². The van der Waals surface area contributed by atoms with Crippen molar-refractivity contribution in [2.75, 3.05) is 13.2 Å². The summed E-state index contributed by atoms with van der Waals surface area (Å²) in [6, 6.07) is 56.4. The third-order valence-corrected chi connectivity index (χ3v) is 12.3. The van der Waals surface area contributed by atoms with E-state index in [0.29, 0.717) is 23.0 Å². The minimum atomic E-state index is -1.93. The van der Waals surface area contributed by atoms with Crippen molar-refractivity contribution in [1.82, 2.24) is 0 Å². The molecule has 56 heavy (non-hydrogen) atoms. The molecule has 2 heterocycles. The van der Waals surface area contributed by atoms with E-state index in [1.165, 1.54) is 0 Å². The summed E-state index contributed by atoms with van der Waals surface area (Å²) in [7, 11) is -3.86. The number of hydrogen-bond donors (Lipinski definition) is 0. The normalized spacial score (nSPS) is 19.2. The molecule has 0 amide bonds. The van der Waals surface area contributed by atoms with Crippen molar-refractivity contribution in [3.63, 3.8) is 0 Å². The molecule has 0 aromatic heterocycles. The molecule has 4 atom stereocenters. The van der Waals surface area contributed by atoms with E-state index in [0.717, 1.165) is 43.1 Å². The first-order chi connectivity index (χ1) is 27.7.